The number of hydrogen-bond donors (Lipinski definition) is 1. The molecular weight excluding hydrogens is 246 g/mol. The Morgan fingerprint density at radius 3 is 2.45 bits per heavy atom. The number of carbonyl (C=O) groups is 1. The quantitative estimate of drug-likeness (QED) is 0.872. The molecule has 0 bridgehead atoms. The molecule has 1 amide bonds. The van der Waals surface area contributed by atoms with Crippen LogP contribution in [0.3, 0.4) is 0 Å². The molecule has 0 aliphatic carbocycles. The van der Waals surface area contributed by atoms with Crippen molar-refractivity contribution < 1.29 is 4.79 Å². The molecule has 0 spiro atoms. The van der Waals surface area contributed by atoms with E-state index in [1.807, 2.05) is 37.3 Å². The van der Waals surface area contributed by atoms with Gasteiger partial charge >= 0.3 is 0 Å². The average Bonchev–Trinajstić information content (AvgIpc) is 2.45. The zero-order valence-corrected chi connectivity index (χ0v) is 12.3. The van der Waals surface area contributed by atoms with Gasteiger partial charge in [-0.3, -0.25) is 4.79 Å². The second-order valence-electron chi connectivity index (χ2n) is 5.31. The molecule has 2 nitrogen and oxygen atoms in total. The Hall–Kier alpha value is -2.09. The minimum absolute atomic E-state index is 0.0649. The van der Waals surface area contributed by atoms with Crippen LogP contribution in [-0.4, -0.2) is 5.91 Å². The molecule has 1 N–H and O–H groups in total. The van der Waals surface area contributed by atoms with Crippen LogP contribution in [0, 0.1) is 13.8 Å². The molecule has 0 aliphatic rings. The molecule has 0 aromatic heterocycles. The van der Waals surface area contributed by atoms with E-state index in [0.29, 0.717) is 6.42 Å². The number of anilines is 1. The summed E-state index contributed by atoms with van der Waals surface area (Å²) in [6.07, 6.45) is 0.497. The minimum Gasteiger partial charge on any atom is -0.326 e. The lowest BCUT2D eigenvalue weighted by Crippen LogP contribution is -2.15. The van der Waals surface area contributed by atoms with Gasteiger partial charge in [-0.1, -0.05) is 49.4 Å². The third kappa shape index (κ3) is 3.47. The fraction of sp³-hybridized carbons (Fsp3) is 0.278. The molecule has 0 saturated carbocycles. The zero-order chi connectivity index (χ0) is 14.5. The first kappa shape index (κ1) is 14.3. The van der Waals surface area contributed by atoms with E-state index in [1.165, 1.54) is 11.1 Å². The Labute approximate surface area is 120 Å². The van der Waals surface area contributed by atoms with Crippen LogP contribution in [-0.2, 0) is 4.79 Å². The van der Waals surface area contributed by atoms with Gasteiger partial charge in [0.1, 0.15) is 0 Å². The summed E-state index contributed by atoms with van der Waals surface area (Å²) in [6.45, 7) is 6.17. The lowest BCUT2D eigenvalue weighted by Gasteiger charge is -2.14. The molecule has 0 radical (unpaired) electrons. The first-order valence-electron chi connectivity index (χ1n) is 6.99. The Balaban J connectivity index is 2.01. The second kappa shape index (κ2) is 6.38. The van der Waals surface area contributed by atoms with E-state index < -0.39 is 0 Å². The van der Waals surface area contributed by atoms with Crippen molar-refractivity contribution in [1.82, 2.24) is 0 Å². The summed E-state index contributed by atoms with van der Waals surface area (Å²) in [5.41, 5.74) is 4.44. The third-order valence-corrected chi connectivity index (χ3v) is 3.74. The minimum atomic E-state index is 0.0649. The van der Waals surface area contributed by atoms with Crippen molar-refractivity contribution in [1.29, 1.82) is 0 Å². The van der Waals surface area contributed by atoms with Gasteiger partial charge in [0, 0.05) is 12.1 Å². The monoisotopic (exact) mass is 267 g/mol. The van der Waals surface area contributed by atoms with Crippen LogP contribution in [0.4, 0.5) is 5.69 Å². The van der Waals surface area contributed by atoms with Gasteiger partial charge in [0.25, 0.3) is 0 Å². The first-order chi connectivity index (χ1) is 9.58. The number of carbonyl (C=O) groups excluding carboxylic acids is 1. The van der Waals surface area contributed by atoms with Gasteiger partial charge in [0.05, 0.1) is 0 Å². The summed E-state index contributed by atoms with van der Waals surface area (Å²) in [6, 6.07) is 16.1. The number of aryl methyl sites for hydroxylation is 1. The Bertz CT molecular complexity index is 590. The number of nitrogens with one attached hydrogen (secondary N) is 1. The highest BCUT2D eigenvalue weighted by molar-refractivity contribution is 5.92. The normalized spacial score (nSPS) is 11.9. The van der Waals surface area contributed by atoms with Crippen LogP contribution >= 0.6 is 0 Å². The van der Waals surface area contributed by atoms with E-state index in [0.717, 1.165) is 11.3 Å². The average molecular weight is 267 g/mol. The van der Waals surface area contributed by atoms with Crippen LogP contribution < -0.4 is 5.32 Å². The molecule has 20 heavy (non-hydrogen) atoms. The second-order valence-corrected chi connectivity index (χ2v) is 5.31. The highest BCUT2D eigenvalue weighted by Crippen LogP contribution is 2.21. The van der Waals surface area contributed by atoms with E-state index in [9.17, 15) is 4.79 Å². The zero-order valence-electron chi connectivity index (χ0n) is 12.3. The third-order valence-electron chi connectivity index (χ3n) is 3.74. The van der Waals surface area contributed by atoms with E-state index in [1.54, 1.807) is 0 Å². The van der Waals surface area contributed by atoms with Crippen LogP contribution in [0.5, 0.6) is 0 Å². The first-order valence-corrected chi connectivity index (χ1v) is 6.99. The molecule has 104 valence electrons. The largest absolute Gasteiger partial charge is 0.326 e. The van der Waals surface area contributed by atoms with Crippen molar-refractivity contribution >= 4 is 11.6 Å². The standard InChI is InChI=1S/C18H21NO/c1-13-8-7-11-17(15(13)3)19-18(20)12-14(2)16-9-5-4-6-10-16/h4-11,14H,12H2,1-3H3,(H,19,20)/t14-/m0/s1. The maximum Gasteiger partial charge on any atom is 0.224 e. The van der Waals surface area contributed by atoms with Crippen LogP contribution in [0.1, 0.15) is 36.0 Å². The smallest absolute Gasteiger partial charge is 0.224 e. The summed E-state index contributed by atoms with van der Waals surface area (Å²) >= 11 is 0. The summed E-state index contributed by atoms with van der Waals surface area (Å²) in [7, 11) is 0. The summed E-state index contributed by atoms with van der Waals surface area (Å²) < 4.78 is 0. The number of hydrogen-bond acceptors (Lipinski definition) is 1. The van der Waals surface area contributed by atoms with Crippen molar-refractivity contribution in [2.75, 3.05) is 5.32 Å². The predicted octanol–water partition coefficient (Wildman–Crippen LogP) is 4.44. The summed E-state index contributed by atoms with van der Waals surface area (Å²) in [5, 5.41) is 3.01. The van der Waals surface area contributed by atoms with Crippen molar-refractivity contribution in [3.05, 3.63) is 65.2 Å². The van der Waals surface area contributed by atoms with E-state index in [4.69, 9.17) is 0 Å². The molecule has 2 aromatic rings. The Morgan fingerprint density at radius 1 is 1.05 bits per heavy atom. The van der Waals surface area contributed by atoms with Gasteiger partial charge in [0.15, 0.2) is 0 Å². The maximum absolute atomic E-state index is 12.1. The van der Waals surface area contributed by atoms with Gasteiger partial charge in [-0.05, 0) is 42.5 Å². The van der Waals surface area contributed by atoms with Gasteiger partial charge in [-0.2, -0.15) is 0 Å². The number of benzene rings is 2. The molecule has 0 saturated heterocycles. The highest BCUT2D eigenvalue weighted by Gasteiger charge is 2.12. The molecule has 0 unspecified atom stereocenters. The van der Waals surface area contributed by atoms with Gasteiger partial charge in [-0.15, -0.1) is 0 Å². The van der Waals surface area contributed by atoms with E-state index in [2.05, 4.69) is 37.4 Å². The summed E-state index contributed by atoms with van der Waals surface area (Å²) in [5.74, 6) is 0.288. The van der Waals surface area contributed by atoms with E-state index in [-0.39, 0.29) is 11.8 Å². The highest BCUT2D eigenvalue weighted by atomic mass is 16.1. The Kier molecular flexibility index (Phi) is 4.57. The topological polar surface area (TPSA) is 29.1 Å². The number of rotatable bonds is 4. The molecule has 2 aromatic carbocycles. The molecule has 2 heteroatoms. The fourth-order valence-electron chi connectivity index (χ4n) is 2.27. The maximum atomic E-state index is 12.1. The van der Waals surface area contributed by atoms with Crippen molar-refractivity contribution in [3.63, 3.8) is 0 Å². The fourth-order valence-corrected chi connectivity index (χ4v) is 2.27. The van der Waals surface area contributed by atoms with Crippen molar-refractivity contribution in [3.8, 4) is 0 Å². The van der Waals surface area contributed by atoms with Crippen LogP contribution in [0.2, 0.25) is 0 Å². The van der Waals surface area contributed by atoms with Crippen LogP contribution in [0.25, 0.3) is 0 Å². The lowest BCUT2D eigenvalue weighted by molar-refractivity contribution is -0.116. The molecular formula is C18H21NO. The number of amides is 1. The SMILES string of the molecule is Cc1cccc(NC(=O)C[C@H](C)c2ccccc2)c1C. The molecule has 0 aliphatic heterocycles. The van der Waals surface area contributed by atoms with Gasteiger partial charge in [0.2, 0.25) is 5.91 Å². The molecule has 1 atom stereocenters. The Morgan fingerprint density at radius 2 is 1.75 bits per heavy atom. The van der Waals surface area contributed by atoms with Crippen LogP contribution in [0.15, 0.2) is 48.5 Å². The molecule has 2 rings (SSSR count). The van der Waals surface area contributed by atoms with Crippen molar-refractivity contribution in [2.45, 2.75) is 33.1 Å². The van der Waals surface area contributed by atoms with Gasteiger partial charge < -0.3 is 5.32 Å². The molecule has 0 fully saturated rings. The van der Waals surface area contributed by atoms with E-state index >= 15 is 0 Å². The lowest BCUT2D eigenvalue weighted by atomic mass is 9.97. The molecule has 0 heterocycles. The summed E-state index contributed by atoms with van der Waals surface area (Å²) in [4.78, 5) is 12.1. The predicted molar refractivity (Wildman–Crippen MR) is 84.0 cm³/mol. The van der Waals surface area contributed by atoms with Crippen molar-refractivity contribution in [2.24, 2.45) is 0 Å². The van der Waals surface area contributed by atoms with Gasteiger partial charge in [-0.25, -0.2) is 0 Å².